The Hall–Kier alpha value is -3.18. The summed E-state index contributed by atoms with van der Waals surface area (Å²) in [6, 6.07) is 19.2. The van der Waals surface area contributed by atoms with Crippen LogP contribution >= 0.6 is 22.7 Å². The fourth-order valence-corrected chi connectivity index (χ4v) is 7.41. The molecule has 0 aliphatic heterocycles. The van der Waals surface area contributed by atoms with Crippen LogP contribution in [0.1, 0.15) is 34.8 Å². The van der Waals surface area contributed by atoms with Crippen LogP contribution in [0.25, 0.3) is 20.4 Å². The summed E-state index contributed by atoms with van der Waals surface area (Å²) in [4.78, 5) is 22.1. The molecule has 0 aliphatic rings. The molecular weight excluding hydrogens is 513 g/mol. The largest absolute Gasteiger partial charge is 0.298 e. The molecule has 0 atom stereocenters. The van der Waals surface area contributed by atoms with Crippen molar-refractivity contribution in [1.29, 1.82) is 0 Å². The lowest BCUT2D eigenvalue weighted by Gasteiger charge is -2.26. The monoisotopic (exact) mass is 536 g/mol. The first-order chi connectivity index (χ1) is 17.2. The molecule has 0 radical (unpaired) electrons. The number of aryl methyl sites for hydroxylation is 1. The number of hydrogen-bond donors (Lipinski definition) is 1. The van der Waals surface area contributed by atoms with Crippen molar-refractivity contribution in [3.05, 3.63) is 82.9 Å². The normalized spacial score (nSPS) is 12.1. The molecule has 0 spiro atoms. The summed E-state index contributed by atoms with van der Waals surface area (Å²) in [5.41, 5.74) is 2.93. The third-order valence-corrected chi connectivity index (χ3v) is 9.69. The van der Waals surface area contributed by atoms with Crippen LogP contribution in [0, 0.1) is 6.92 Å². The quantitative estimate of drug-likeness (QED) is 0.273. The maximum Gasteiger partial charge on any atom is 0.257 e. The number of sulfonamides is 1. The molecule has 2 heterocycles. The smallest absolute Gasteiger partial charge is 0.257 e. The van der Waals surface area contributed by atoms with Crippen molar-refractivity contribution in [2.24, 2.45) is 0 Å². The number of nitrogens with zero attached hydrogens (tertiary/aromatic N) is 3. The van der Waals surface area contributed by atoms with Gasteiger partial charge in [-0.2, -0.15) is 4.31 Å². The Morgan fingerprint density at radius 3 is 2.39 bits per heavy atom. The average molecular weight is 537 g/mol. The fraction of sp³-hybridized carbons (Fsp3) is 0.192. The van der Waals surface area contributed by atoms with E-state index in [4.69, 9.17) is 0 Å². The van der Waals surface area contributed by atoms with E-state index in [9.17, 15) is 13.2 Å². The highest BCUT2D eigenvalue weighted by Crippen LogP contribution is 2.35. The summed E-state index contributed by atoms with van der Waals surface area (Å²) in [6.45, 7) is 5.93. The van der Waals surface area contributed by atoms with Gasteiger partial charge in [0, 0.05) is 18.2 Å². The topological polar surface area (TPSA) is 92.3 Å². The van der Waals surface area contributed by atoms with E-state index in [1.54, 1.807) is 11.3 Å². The number of nitrogens with one attached hydrogen (secondary N) is 1. The van der Waals surface area contributed by atoms with Crippen molar-refractivity contribution in [1.82, 2.24) is 14.3 Å². The van der Waals surface area contributed by atoms with Gasteiger partial charge in [-0.1, -0.05) is 41.7 Å². The molecule has 0 fully saturated rings. The highest BCUT2D eigenvalue weighted by Gasteiger charge is 2.27. The first kappa shape index (κ1) is 24.5. The molecular formula is C26H24N4O3S3. The van der Waals surface area contributed by atoms with E-state index in [1.807, 2.05) is 63.2 Å². The van der Waals surface area contributed by atoms with Gasteiger partial charge >= 0.3 is 0 Å². The molecule has 1 N–H and O–H groups in total. The van der Waals surface area contributed by atoms with E-state index in [0.29, 0.717) is 10.7 Å². The van der Waals surface area contributed by atoms with Gasteiger partial charge < -0.3 is 0 Å². The van der Waals surface area contributed by atoms with Crippen molar-refractivity contribution in [3.8, 4) is 0 Å². The minimum absolute atomic E-state index is 0.143. The Morgan fingerprint density at radius 1 is 0.972 bits per heavy atom. The molecule has 5 rings (SSSR count). The maximum atomic E-state index is 13.4. The zero-order valence-electron chi connectivity index (χ0n) is 19.9. The van der Waals surface area contributed by atoms with Crippen molar-refractivity contribution in [3.63, 3.8) is 0 Å². The number of anilines is 1. The van der Waals surface area contributed by atoms with Crippen LogP contribution in [0.4, 0.5) is 5.13 Å². The van der Waals surface area contributed by atoms with E-state index in [2.05, 4.69) is 15.3 Å². The third kappa shape index (κ3) is 4.77. The van der Waals surface area contributed by atoms with Gasteiger partial charge in [0.2, 0.25) is 10.0 Å². The van der Waals surface area contributed by atoms with E-state index in [-0.39, 0.29) is 23.4 Å². The zero-order valence-corrected chi connectivity index (χ0v) is 22.4. The lowest BCUT2D eigenvalue weighted by Crippen LogP contribution is -2.36. The van der Waals surface area contributed by atoms with E-state index >= 15 is 0 Å². The van der Waals surface area contributed by atoms with Gasteiger partial charge in [0.25, 0.3) is 5.91 Å². The Kier molecular flexibility index (Phi) is 6.60. The van der Waals surface area contributed by atoms with Gasteiger partial charge in [0.1, 0.15) is 5.52 Å². The molecule has 5 aromatic rings. The third-order valence-electron chi connectivity index (χ3n) is 5.72. The predicted molar refractivity (Wildman–Crippen MR) is 146 cm³/mol. The first-order valence-electron chi connectivity index (χ1n) is 11.4. The lowest BCUT2D eigenvalue weighted by molar-refractivity contribution is 0.102. The van der Waals surface area contributed by atoms with Crippen LogP contribution in [-0.2, 0) is 16.6 Å². The first-order valence-corrected chi connectivity index (χ1v) is 14.4. The highest BCUT2D eigenvalue weighted by molar-refractivity contribution is 7.89. The Balaban J connectivity index is 1.36. The van der Waals surface area contributed by atoms with Gasteiger partial charge in [-0.25, -0.2) is 18.4 Å². The molecule has 0 saturated heterocycles. The minimum atomic E-state index is -3.75. The number of benzene rings is 3. The second-order valence-electron chi connectivity index (χ2n) is 8.62. The molecule has 0 unspecified atom stereocenters. The Morgan fingerprint density at radius 2 is 1.69 bits per heavy atom. The van der Waals surface area contributed by atoms with Crippen LogP contribution < -0.4 is 5.32 Å². The van der Waals surface area contributed by atoms with Gasteiger partial charge in [-0.15, -0.1) is 11.3 Å². The summed E-state index contributed by atoms with van der Waals surface area (Å²) >= 11 is 3.00. The predicted octanol–water partition coefficient (Wildman–Crippen LogP) is 6.07. The molecule has 0 bridgehead atoms. The number of hydrogen-bond acceptors (Lipinski definition) is 7. The Labute approximate surface area is 217 Å². The van der Waals surface area contributed by atoms with Crippen molar-refractivity contribution in [2.75, 3.05) is 5.32 Å². The standard InChI is InChI=1S/C26H24N4O3S3/c1-16(2)30(15-18-7-5-4-6-8-18)36(32,33)20-11-9-19(10-12-20)25(31)29-26-28-21-13-14-22-23(24(21)35-26)27-17(3)34-22/h4-14,16H,15H2,1-3H3,(H,28,29,31). The highest BCUT2D eigenvalue weighted by atomic mass is 32.2. The number of amides is 1. The average Bonchev–Trinajstić information content (AvgIpc) is 3.45. The molecule has 36 heavy (non-hydrogen) atoms. The van der Waals surface area contributed by atoms with E-state index in [1.165, 1.54) is 39.9 Å². The summed E-state index contributed by atoms with van der Waals surface area (Å²) in [5, 5.41) is 4.28. The van der Waals surface area contributed by atoms with Crippen molar-refractivity contribution < 1.29 is 13.2 Å². The van der Waals surface area contributed by atoms with Gasteiger partial charge in [-0.05, 0) is 62.7 Å². The van der Waals surface area contributed by atoms with Gasteiger partial charge in [0.05, 0.1) is 24.8 Å². The van der Waals surface area contributed by atoms with Crippen molar-refractivity contribution in [2.45, 2.75) is 38.3 Å². The second-order valence-corrected chi connectivity index (χ2v) is 12.7. The van der Waals surface area contributed by atoms with Crippen LogP contribution in [0.5, 0.6) is 0 Å². The summed E-state index contributed by atoms with van der Waals surface area (Å²) in [6.07, 6.45) is 0. The van der Waals surface area contributed by atoms with Gasteiger partial charge in [0.15, 0.2) is 5.13 Å². The number of fused-ring (bicyclic) bond motifs is 3. The van der Waals surface area contributed by atoms with Crippen LogP contribution in [0.3, 0.4) is 0 Å². The summed E-state index contributed by atoms with van der Waals surface area (Å²) in [5.74, 6) is -0.353. The number of thiazole rings is 2. The minimum Gasteiger partial charge on any atom is -0.298 e. The molecule has 0 saturated carbocycles. The number of carbonyl (C=O) groups excluding carboxylic acids is 1. The maximum absolute atomic E-state index is 13.4. The van der Waals surface area contributed by atoms with E-state index in [0.717, 1.165) is 31.0 Å². The fourth-order valence-electron chi connectivity index (χ4n) is 3.93. The molecule has 10 heteroatoms. The molecule has 0 aliphatic carbocycles. The van der Waals surface area contributed by atoms with Crippen LogP contribution in [0.15, 0.2) is 71.6 Å². The van der Waals surface area contributed by atoms with Crippen LogP contribution in [0.2, 0.25) is 0 Å². The number of carbonyl (C=O) groups is 1. The molecule has 184 valence electrons. The van der Waals surface area contributed by atoms with Crippen LogP contribution in [-0.4, -0.2) is 34.6 Å². The molecule has 2 aromatic heterocycles. The zero-order chi connectivity index (χ0) is 25.4. The number of rotatable bonds is 7. The Bertz CT molecular complexity index is 1660. The van der Waals surface area contributed by atoms with E-state index < -0.39 is 10.0 Å². The lowest BCUT2D eigenvalue weighted by atomic mass is 10.2. The molecule has 1 amide bonds. The second kappa shape index (κ2) is 9.70. The molecule has 3 aromatic carbocycles. The van der Waals surface area contributed by atoms with Crippen molar-refractivity contribution >= 4 is 64.2 Å². The van der Waals surface area contributed by atoms with Gasteiger partial charge in [-0.3, -0.25) is 10.1 Å². The SMILES string of the molecule is Cc1nc2c(ccc3nc(NC(=O)c4ccc(S(=O)(=O)N(Cc5ccccc5)C(C)C)cc4)sc32)s1. The number of aromatic nitrogens is 2. The molecule has 7 nitrogen and oxygen atoms in total. The summed E-state index contributed by atoms with van der Waals surface area (Å²) < 4.78 is 30.2. The summed E-state index contributed by atoms with van der Waals surface area (Å²) in [7, 11) is -3.75.